The lowest BCUT2D eigenvalue weighted by Gasteiger charge is -2.17. The van der Waals surface area contributed by atoms with Gasteiger partial charge in [0.15, 0.2) is 16.7 Å². The average molecular weight is 494 g/mol. The van der Waals surface area contributed by atoms with Crippen molar-refractivity contribution in [2.75, 3.05) is 6.79 Å². The number of aromatic nitrogens is 2. The van der Waals surface area contributed by atoms with Crippen molar-refractivity contribution in [3.8, 4) is 17.2 Å². The van der Waals surface area contributed by atoms with Gasteiger partial charge in [-0.25, -0.2) is 4.98 Å². The SMILES string of the molecule is C[C@H](Sc1nc2ccccc2c(=O)n1-c1ccccc1Cl)C(=O)NCc1ccc2c(c1)OCO2. The van der Waals surface area contributed by atoms with E-state index in [0.29, 0.717) is 44.8 Å². The molecule has 0 radical (unpaired) electrons. The predicted octanol–water partition coefficient (Wildman–Crippen LogP) is 4.56. The molecule has 34 heavy (non-hydrogen) atoms. The number of carbonyl (C=O) groups excluding carboxylic acids is 1. The molecular weight excluding hydrogens is 474 g/mol. The van der Waals surface area contributed by atoms with E-state index in [1.54, 1.807) is 49.4 Å². The molecule has 3 aromatic carbocycles. The van der Waals surface area contributed by atoms with Gasteiger partial charge in [0.25, 0.3) is 5.56 Å². The highest BCUT2D eigenvalue weighted by Gasteiger charge is 2.21. The first-order valence-electron chi connectivity index (χ1n) is 10.6. The van der Waals surface area contributed by atoms with Crippen LogP contribution in [0.2, 0.25) is 5.02 Å². The van der Waals surface area contributed by atoms with Gasteiger partial charge in [-0.3, -0.25) is 14.2 Å². The Labute approximate surface area is 204 Å². The molecule has 0 fully saturated rings. The summed E-state index contributed by atoms with van der Waals surface area (Å²) in [6.45, 7) is 2.31. The van der Waals surface area contributed by atoms with Gasteiger partial charge >= 0.3 is 0 Å². The quantitative estimate of drug-likeness (QED) is 0.313. The van der Waals surface area contributed by atoms with E-state index >= 15 is 0 Å². The molecule has 7 nitrogen and oxygen atoms in total. The van der Waals surface area contributed by atoms with Crippen molar-refractivity contribution >= 4 is 40.2 Å². The van der Waals surface area contributed by atoms with Crippen molar-refractivity contribution < 1.29 is 14.3 Å². The van der Waals surface area contributed by atoms with Gasteiger partial charge in [-0.2, -0.15) is 0 Å². The number of nitrogens with zero attached hydrogens (tertiary/aromatic N) is 2. The first-order valence-corrected chi connectivity index (χ1v) is 11.9. The third kappa shape index (κ3) is 4.34. The largest absolute Gasteiger partial charge is 0.454 e. The van der Waals surface area contributed by atoms with E-state index in [1.807, 2.05) is 24.3 Å². The molecule has 1 aliphatic rings. The number of fused-ring (bicyclic) bond motifs is 2. The minimum atomic E-state index is -0.518. The number of amides is 1. The number of halogens is 1. The highest BCUT2D eigenvalue weighted by atomic mass is 35.5. The number of hydrogen-bond donors (Lipinski definition) is 1. The zero-order chi connectivity index (χ0) is 23.7. The van der Waals surface area contributed by atoms with E-state index in [4.69, 9.17) is 26.1 Å². The zero-order valence-corrected chi connectivity index (χ0v) is 19.7. The smallest absolute Gasteiger partial charge is 0.266 e. The summed E-state index contributed by atoms with van der Waals surface area (Å²) >= 11 is 7.62. The summed E-state index contributed by atoms with van der Waals surface area (Å²) in [6, 6.07) is 19.8. The van der Waals surface area contributed by atoms with Crippen LogP contribution in [0.25, 0.3) is 16.6 Å². The molecule has 1 atom stereocenters. The van der Waals surface area contributed by atoms with E-state index in [0.717, 1.165) is 5.56 Å². The van der Waals surface area contributed by atoms with Crippen molar-refractivity contribution in [2.45, 2.75) is 23.9 Å². The molecule has 5 rings (SSSR count). The summed E-state index contributed by atoms with van der Waals surface area (Å²) < 4.78 is 12.2. The highest BCUT2D eigenvalue weighted by Crippen LogP contribution is 2.32. The van der Waals surface area contributed by atoms with E-state index in [9.17, 15) is 9.59 Å². The van der Waals surface area contributed by atoms with Gasteiger partial charge < -0.3 is 14.8 Å². The van der Waals surface area contributed by atoms with Crippen LogP contribution in [-0.2, 0) is 11.3 Å². The van der Waals surface area contributed by atoms with Gasteiger partial charge in [0, 0.05) is 6.54 Å². The standard InChI is InChI=1S/C25H20ClN3O4S/c1-15(23(30)27-13-16-10-11-21-22(12-16)33-14-32-21)34-25-28-19-8-4-2-6-17(19)24(31)29(25)20-9-5-3-7-18(20)26/h2-12,15H,13-14H2,1H3,(H,27,30)/t15-/m0/s1. The first-order chi connectivity index (χ1) is 16.5. The minimum Gasteiger partial charge on any atom is -0.454 e. The number of hydrogen-bond acceptors (Lipinski definition) is 6. The van der Waals surface area contributed by atoms with Crippen molar-refractivity contribution in [1.82, 2.24) is 14.9 Å². The Morgan fingerprint density at radius 3 is 2.74 bits per heavy atom. The van der Waals surface area contributed by atoms with E-state index in [1.165, 1.54) is 16.3 Å². The summed E-state index contributed by atoms with van der Waals surface area (Å²) in [7, 11) is 0. The summed E-state index contributed by atoms with van der Waals surface area (Å²) in [5, 5.41) is 3.71. The zero-order valence-electron chi connectivity index (χ0n) is 18.2. The van der Waals surface area contributed by atoms with Gasteiger partial charge in [0.1, 0.15) is 0 Å². The van der Waals surface area contributed by atoms with Crippen LogP contribution in [0.1, 0.15) is 12.5 Å². The molecule has 4 aromatic rings. The van der Waals surface area contributed by atoms with Gasteiger partial charge in [0.05, 0.1) is 26.9 Å². The lowest BCUT2D eigenvalue weighted by atomic mass is 10.2. The lowest BCUT2D eigenvalue weighted by molar-refractivity contribution is -0.120. The van der Waals surface area contributed by atoms with E-state index in [2.05, 4.69) is 5.32 Å². The summed E-state index contributed by atoms with van der Waals surface area (Å²) in [4.78, 5) is 31.0. The highest BCUT2D eigenvalue weighted by molar-refractivity contribution is 8.00. The van der Waals surface area contributed by atoms with Crippen molar-refractivity contribution in [3.63, 3.8) is 0 Å². The fourth-order valence-electron chi connectivity index (χ4n) is 3.63. The molecule has 9 heteroatoms. The van der Waals surface area contributed by atoms with E-state index < -0.39 is 5.25 Å². The van der Waals surface area contributed by atoms with Crippen LogP contribution in [0.4, 0.5) is 0 Å². The summed E-state index contributed by atoms with van der Waals surface area (Å²) in [5.41, 5.74) is 1.73. The topological polar surface area (TPSA) is 82.5 Å². The molecular formula is C25H20ClN3O4S. The molecule has 0 spiro atoms. The summed E-state index contributed by atoms with van der Waals surface area (Å²) in [6.07, 6.45) is 0. The van der Waals surface area contributed by atoms with Crippen LogP contribution in [0.15, 0.2) is 76.7 Å². The maximum absolute atomic E-state index is 13.4. The number of benzene rings is 3. The van der Waals surface area contributed by atoms with Gasteiger partial charge in [-0.15, -0.1) is 0 Å². The van der Waals surface area contributed by atoms with Crippen LogP contribution in [0.5, 0.6) is 11.5 Å². The van der Waals surface area contributed by atoms with Gasteiger partial charge in [-0.1, -0.05) is 53.7 Å². The molecule has 1 aromatic heterocycles. The number of para-hydroxylation sites is 2. The van der Waals surface area contributed by atoms with Gasteiger partial charge in [-0.05, 0) is 48.9 Å². The fourth-order valence-corrected chi connectivity index (χ4v) is 4.80. The Balaban J connectivity index is 1.41. The van der Waals surface area contributed by atoms with Crippen LogP contribution in [0.3, 0.4) is 0 Å². The average Bonchev–Trinajstić information content (AvgIpc) is 3.31. The van der Waals surface area contributed by atoms with Crippen LogP contribution in [0, 0.1) is 0 Å². The Hall–Kier alpha value is -3.49. The molecule has 1 amide bonds. The molecule has 0 aliphatic carbocycles. The second-order valence-electron chi connectivity index (χ2n) is 7.67. The monoisotopic (exact) mass is 493 g/mol. The fraction of sp³-hybridized carbons (Fsp3) is 0.160. The number of carbonyl (C=O) groups is 1. The maximum atomic E-state index is 13.4. The third-order valence-corrected chi connectivity index (χ3v) is 6.77. The van der Waals surface area contributed by atoms with E-state index in [-0.39, 0.29) is 18.3 Å². The number of thioether (sulfide) groups is 1. The van der Waals surface area contributed by atoms with Crippen molar-refractivity contribution in [2.24, 2.45) is 0 Å². The molecule has 2 heterocycles. The van der Waals surface area contributed by atoms with Crippen LogP contribution in [-0.4, -0.2) is 27.5 Å². The Bertz CT molecular complexity index is 1460. The Kier molecular flexibility index (Phi) is 6.17. The summed E-state index contributed by atoms with van der Waals surface area (Å²) in [5.74, 6) is 1.17. The van der Waals surface area contributed by atoms with Gasteiger partial charge in [0.2, 0.25) is 12.7 Å². The minimum absolute atomic E-state index is 0.184. The van der Waals surface area contributed by atoms with Crippen molar-refractivity contribution in [3.05, 3.63) is 87.7 Å². The molecule has 172 valence electrons. The normalized spacial score (nSPS) is 13.1. The maximum Gasteiger partial charge on any atom is 0.266 e. The van der Waals surface area contributed by atoms with Crippen molar-refractivity contribution in [1.29, 1.82) is 0 Å². The molecule has 0 saturated carbocycles. The molecule has 1 aliphatic heterocycles. The second kappa shape index (κ2) is 9.40. The predicted molar refractivity (Wildman–Crippen MR) is 132 cm³/mol. The lowest BCUT2D eigenvalue weighted by Crippen LogP contribution is -2.31. The number of nitrogens with one attached hydrogen (secondary N) is 1. The third-order valence-electron chi connectivity index (χ3n) is 5.39. The number of rotatable bonds is 6. The van der Waals surface area contributed by atoms with Crippen LogP contribution < -0.4 is 20.3 Å². The molecule has 0 saturated heterocycles. The molecule has 1 N–H and O–H groups in total. The molecule has 0 unspecified atom stereocenters. The Morgan fingerprint density at radius 2 is 1.88 bits per heavy atom. The Morgan fingerprint density at radius 1 is 1.12 bits per heavy atom. The first kappa shape index (κ1) is 22.3. The molecule has 0 bridgehead atoms. The number of ether oxygens (including phenoxy) is 2. The second-order valence-corrected chi connectivity index (χ2v) is 9.38. The van der Waals surface area contributed by atoms with Crippen LogP contribution >= 0.6 is 23.4 Å².